The van der Waals surface area contributed by atoms with Crippen molar-refractivity contribution >= 4 is 23.5 Å². The molecular formula is C19H27ClN4O2+2. The van der Waals surface area contributed by atoms with Crippen LogP contribution in [0.2, 0.25) is 5.02 Å². The Labute approximate surface area is 159 Å². The van der Waals surface area contributed by atoms with Crippen LogP contribution in [0.25, 0.3) is 0 Å². The third kappa shape index (κ3) is 3.46. The van der Waals surface area contributed by atoms with Gasteiger partial charge in [0.15, 0.2) is 6.67 Å². The molecular weight excluding hydrogens is 352 g/mol. The van der Waals surface area contributed by atoms with Crippen LogP contribution < -0.4 is 15.1 Å². The van der Waals surface area contributed by atoms with E-state index in [9.17, 15) is 9.59 Å². The van der Waals surface area contributed by atoms with Crippen molar-refractivity contribution in [3.8, 4) is 0 Å². The molecule has 2 aliphatic heterocycles. The van der Waals surface area contributed by atoms with Crippen LogP contribution >= 0.6 is 11.6 Å². The minimum Gasteiger partial charge on any atom is -0.323 e. The fourth-order valence-corrected chi connectivity index (χ4v) is 4.46. The molecule has 6 nitrogen and oxygen atoms in total. The highest BCUT2D eigenvalue weighted by atomic mass is 35.5. The Kier molecular flexibility index (Phi) is 4.67. The summed E-state index contributed by atoms with van der Waals surface area (Å²) in [5.41, 5.74) is 0.584. The molecule has 0 bridgehead atoms. The summed E-state index contributed by atoms with van der Waals surface area (Å²) in [6, 6.07) is 7.82. The van der Waals surface area contributed by atoms with E-state index in [1.165, 1.54) is 20.3 Å². The van der Waals surface area contributed by atoms with Crippen LogP contribution in [0, 0.1) is 5.92 Å². The molecule has 4 rings (SSSR count). The van der Waals surface area contributed by atoms with E-state index in [1.54, 1.807) is 0 Å². The SMILES string of the molecule is C[C@@]1(C2CC2)NC(=O)N(C[NH+]2CC[NH+](Cc3cccc(Cl)c3)CC2)C1=O. The average molecular weight is 379 g/mol. The Bertz CT molecular complexity index is 715. The fourth-order valence-electron chi connectivity index (χ4n) is 4.25. The normalized spacial score (nSPS) is 32.0. The van der Waals surface area contributed by atoms with E-state index in [1.807, 2.05) is 25.1 Å². The Hall–Kier alpha value is -1.63. The zero-order valence-electron chi connectivity index (χ0n) is 15.2. The molecule has 1 aliphatic carbocycles. The lowest BCUT2D eigenvalue weighted by molar-refractivity contribution is -1.02. The molecule has 0 radical (unpaired) electrons. The quantitative estimate of drug-likeness (QED) is 0.594. The molecule has 1 aromatic rings. The Morgan fingerprint density at radius 2 is 1.88 bits per heavy atom. The van der Waals surface area contributed by atoms with Crippen LogP contribution in [-0.2, 0) is 11.3 Å². The molecule has 3 N–H and O–H groups in total. The number of quaternary nitrogens is 2. The number of urea groups is 1. The van der Waals surface area contributed by atoms with E-state index in [0.717, 1.165) is 50.6 Å². The summed E-state index contributed by atoms with van der Waals surface area (Å²) in [6.45, 7) is 7.33. The van der Waals surface area contributed by atoms with E-state index in [4.69, 9.17) is 11.6 Å². The Balaban J connectivity index is 1.30. The molecule has 140 valence electrons. The maximum atomic E-state index is 12.7. The third-order valence-electron chi connectivity index (χ3n) is 6.08. The lowest BCUT2D eigenvalue weighted by Gasteiger charge is -2.31. The van der Waals surface area contributed by atoms with Crippen LogP contribution in [0.5, 0.6) is 0 Å². The van der Waals surface area contributed by atoms with Crippen molar-refractivity contribution in [2.24, 2.45) is 5.92 Å². The summed E-state index contributed by atoms with van der Waals surface area (Å²) >= 11 is 6.07. The van der Waals surface area contributed by atoms with Crippen LogP contribution in [0.15, 0.2) is 24.3 Å². The van der Waals surface area contributed by atoms with Gasteiger partial charge in [-0.3, -0.25) is 4.79 Å². The number of piperazine rings is 1. The van der Waals surface area contributed by atoms with Crippen molar-refractivity contribution in [2.45, 2.75) is 31.8 Å². The zero-order valence-corrected chi connectivity index (χ0v) is 15.9. The summed E-state index contributed by atoms with van der Waals surface area (Å²) in [5, 5.41) is 3.72. The van der Waals surface area contributed by atoms with Crippen LogP contribution in [0.4, 0.5) is 4.79 Å². The third-order valence-corrected chi connectivity index (χ3v) is 6.32. The highest BCUT2D eigenvalue weighted by molar-refractivity contribution is 6.30. The van der Waals surface area contributed by atoms with Crippen molar-refractivity contribution < 1.29 is 19.4 Å². The number of hydrogen-bond donors (Lipinski definition) is 3. The molecule has 3 aliphatic rings. The smallest absolute Gasteiger partial charge is 0.323 e. The van der Waals surface area contributed by atoms with Gasteiger partial charge in [0, 0.05) is 10.6 Å². The molecule has 0 aromatic heterocycles. The maximum absolute atomic E-state index is 12.7. The van der Waals surface area contributed by atoms with Gasteiger partial charge < -0.3 is 15.1 Å². The number of hydrogen-bond acceptors (Lipinski definition) is 2. The van der Waals surface area contributed by atoms with Gasteiger partial charge in [0.2, 0.25) is 0 Å². The number of carbonyl (C=O) groups is 2. The van der Waals surface area contributed by atoms with Gasteiger partial charge >= 0.3 is 6.03 Å². The van der Waals surface area contributed by atoms with E-state index in [0.29, 0.717) is 12.6 Å². The summed E-state index contributed by atoms with van der Waals surface area (Å²) in [6.07, 6.45) is 2.07. The summed E-state index contributed by atoms with van der Waals surface area (Å²) in [7, 11) is 0. The van der Waals surface area contributed by atoms with Gasteiger partial charge in [-0.1, -0.05) is 23.7 Å². The first-order valence-corrected chi connectivity index (χ1v) is 9.89. The van der Waals surface area contributed by atoms with Crippen LogP contribution in [-0.4, -0.2) is 55.2 Å². The second-order valence-electron chi connectivity index (χ2n) is 8.10. The first-order valence-electron chi connectivity index (χ1n) is 9.51. The number of imide groups is 1. The molecule has 0 spiro atoms. The van der Waals surface area contributed by atoms with Gasteiger partial charge in [-0.15, -0.1) is 0 Å². The lowest BCUT2D eigenvalue weighted by atomic mass is 9.96. The van der Waals surface area contributed by atoms with Crippen LogP contribution in [0.3, 0.4) is 0 Å². The predicted octanol–water partition coefficient (Wildman–Crippen LogP) is -0.699. The number of rotatable bonds is 5. The molecule has 1 atom stereocenters. The van der Waals surface area contributed by atoms with Gasteiger partial charge in [0.1, 0.15) is 38.3 Å². The van der Waals surface area contributed by atoms with E-state index >= 15 is 0 Å². The topological polar surface area (TPSA) is 58.3 Å². The number of benzene rings is 1. The average Bonchev–Trinajstić information content (AvgIpc) is 3.43. The zero-order chi connectivity index (χ0) is 18.3. The fraction of sp³-hybridized carbons (Fsp3) is 0.579. The van der Waals surface area contributed by atoms with Gasteiger partial charge in [0.05, 0.1) is 0 Å². The first kappa shape index (κ1) is 17.8. The molecule has 3 fully saturated rings. The standard InChI is InChI=1S/C19H25ClN4O2/c1-19(15-5-6-15)17(25)24(18(26)21-19)13-23-9-7-22(8-10-23)12-14-3-2-4-16(20)11-14/h2-4,11,15H,5-10,12-13H2,1H3,(H,21,26)/p+2/t19-/m0/s1. The number of halogens is 1. The number of carbonyl (C=O) groups excluding carboxylic acids is 2. The van der Waals surface area contributed by atoms with Crippen molar-refractivity contribution in [3.63, 3.8) is 0 Å². The number of nitrogens with zero attached hydrogens (tertiary/aromatic N) is 1. The van der Waals surface area contributed by atoms with Crippen LogP contribution in [0.1, 0.15) is 25.3 Å². The summed E-state index contributed by atoms with van der Waals surface area (Å²) < 4.78 is 0. The molecule has 3 amide bonds. The van der Waals surface area contributed by atoms with Crippen molar-refractivity contribution in [1.29, 1.82) is 0 Å². The predicted molar refractivity (Wildman–Crippen MR) is 97.9 cm³/mol. The molecule has 1 saturated carbocycles. The molecule has 0 unspecified atom stereocenters. The second kappa shape index (κ2) is 6.83. The van der Waals surface area contributed by atoms with Crippen molar-refractivity contribution in [2.75, 3.05) is 32.8 Å². The van der Waals surface area contributed by atoms with E-state index < -0.39 is 5.54 Å². The minimum absolute atomic E-state index is 0.0359. The second-order valence-corrected chi connectivity index (χ2v) is 8.54. The Morgan fingerprint density at radius 1 is 1.19 bits per heavy atom. The number of nitrogens with one attached hydrogen (secondary N) is 3. The molecule has 7 heteroatoms. The Morgan fingerprint density at radius 3 is 2.54 bits per heavy atom. The summed E-state index contributed by atoms with van der Waals surface area (Å²) in [4.78, 5) is 29.3. The lowest BCUT2D eigenvalue weighted by Crippen LogP contribution is -3.28. The maximum Gasteiger partial charge on any atom is 0.329 e. The first-order chi connectivity index (χ1) is 12.5. The monoisotopic (exact) mass is 378 g/mol. The molecule has 2 saturated heterocycles. The van der Waals surface area contributed by atoms with Gasteiger partial charge in [-0.2, -0.15) is 0 Å². The highest BCUT2D eigenvalue weighted by Gasteiger charge is 2.56. The van der Waals surface area contributed by atoms with Crippen molar-refractivity contribution in [3.05, 3.63) is 34.9 Å². The molecule has 2 heterocycles. The molecule has 26 heavy (non-hydrogen) atoms. The van der Waals surface area contributed by atoms with Gasteiger partial charge in [0.25, 0.3) is 5.91 Å². The minimum atomic E-state index is -0.670. The summed E-state index contributed by atoms with van der Waals surface area (Å²) in [5.74, 6) is 0.282. The van der Waals surface area contributed by atoms with E-state index in [-0.39, 0.29) is 11.9 Å². The van der Waals surface area contributed by atoms with E-state index in [2.05, 4.69) is 11.4 Å². The largest absolute Gasteiger partial charge is 0.329 e. The van der Waals surface area contributed by atoms with Gasteiger partial charge in [-0.05, 0) is 37.8 Å². The van der Waals surface area contributed by atoms with Gasteiger partial charge in [-0.25, -0.2) is 9.69 Å². The van der Waals surface area contributed by atoms with Crippen molar-refractivity contribution in [1.82, 2.24) is 10.2 Å². The molecule has 1 aromatic carbocycles. The highest BCUT2D eigenvalue weighted by Crippen LogP contribution is 2.42. The number of amides is 3.